The van der Waals surface area contributed by atoms with E-state index >= 15 is 0 Å². The molecule has 0 saturated carbocycles. The average Bonchev–Trinajstić information content (AvgIpc) is 2.88. The Kier molecular flexibility index (Phi) is 6.05. The van der Waals surface area contributed by atoms with Crippen LogP contribution in [-0.4, -0.2) is 48.1 Å². The zero-order chi connectivity index (χ0) is 13.6. The summed E-state index contributed by atoms with van der Waals surface area (Å²) in [4.78, 5) is 11.3. The monoisotopic (exact) mass is 259 g/mol. The Balaban J connectivity index is 2.36. The summed E-state index contributed by atoms with van der Waals surface area (Å²) in [6.45, 7) is 5.26. The van der Waals surface area contributed by atoms with Gasteiger partial charge in [-0.1, -0.05) is 13.8 Å². The van der Waals surface area contributed by atoms with Crippen LogP contribution in [0, 0.1) is 5.41 Å². The molecule has 0 aromatic carbocycles. The minimum Gasteiger partial charge on any atom is -0.481 e. The zero-order valence-corrected chi connectivity index (χ0v) is 11.3. The first kappa shape index (κ1) is 15.4. The van der Waals surface area contributed by atoms with Gasteiger partial charge in [0.25, 0.3) is 0 Å². The highest BCUT2D eigenvalue weighted by Crippen LogP contribution is 2.25. The SMILES string of the molecule is CCC(CC)(CNCC(O)C1CCCO1)C(=O)O. The molecule has 106 valence electrons. The zero-order valence-electron chi connectivity index (χ0n) is 11.3. The van der Waals surface area contributed by atoms with Gasteiger partial charge in [-0.05, 0) is 25.7 Å². The Hall–Kier alpha value is -0.650. The van der Waals surface area contributed by atoms with Crippen LogP contribution in [0.15, 0.2) is 0 Å². The highest BCUT2D eigenvalue weighted by Gasteiger charge is 2.34. The molecule has 2 atom stereocenters. The van der Waals surface area contributed by atoms with E-state index in [2.05, 4.69) is 5.32 Å². The van der Waals surface area contributed by atoms with E-state index in [9.17, 15) is 15.0 Å². The molecule has 0 aliphatic carbocycles. The Morgan fingerprint density at radius 2 is 2.17 bits per heavy atom. The lowest BCUT2D eigenvalue weighted by atomic mass is 9.82. The maximum atomic E-state index is 11.3. The van der Waals surface area contributed by atoms with Crippen molar-refractivity contribution in [3.8, 4) is 0 Å². The first-order valence-electron chi connectivity index (χ1n) is 6.79. The van der Waals surface area contributed by atoms with E-state index in [1.54, 1.807) is 0 Å². The second-order valence-electron chi connectivity index (χ2n) is 5.04. The standard InChI is InChI=1S/C13H25NO4/c1-3-13(4-2,12(16)17)9-14-8-10(15)11-6-5-7-18-11/h10-11,14-15H,3-9H2,1-2H3,(H,16,17). The predicted octanol–water partition coefficient (Wildman–Crippen LogP) is 1.01. The smallest absolute Gasteiger partial charge is 0.310 e. The molecule has 0 bridgehead atoms. The molecule has 3 N–H and O–H groups in total. The molecule has 5 heteroatoms. The van der Waals surface area contributed by atoms with E-state index in [0.717, 1.165) is 12.8 Å². The lowest BCUT2D eigenvalue weighted by molar-refractivity contribution is -0.149. The Labute approximate surface area is 109 Å². The highest BCUT2D eigenvalue weighted by atomic mass is 16.5. The molecule has 0 radical (unpaired) electrons. The number of carbonyl (C=O) groups is 1. The van der Waals surface area contributed by atoms with Gasteiger partial charge in [-0.25, -0.2) is 0 Å². The van der Waals surface area contributed by atoms with Crippen molar-refractivity contribution in [3.63, 3.8) is 0 Å². The van der Waals surface area contributed by atoms with Crippen LogP contribution >= 0.6 is 0 Å². The van der Waals surface area contributed by atoms with Crippen molar-refractivity contribution >= 4 is 5.97 Å². The third kappa shape index (κ3) is 3.67. The molecular weight excluding hydrogens is 234 g/mol. The third-order valence-electron chi connectivity index (χ3n) is 4.02. The predicted molar refractivity (Wildman–Crippen MR) is 68.5 cm³/mol. The van der Waals surface area contributed by atoms with Crippen molar-refractivity contribution in [2.24, 2.45) is 5.41 Å². The van der Waals surface area contributed by atoms with Crippen molar-refractivity contribution in [3.05, 3.63) is 0 Å². The maximum absolute atomic E-state index is 11.3. The number of hydrogen-bond acceptors (Lipinski definition) is 4. The number of aliphatic carboxylic acids is 1. The molecular formula is C13H25NO4. The third-order valence-corrected chi connectivity index (χ3v) is 4.02. The maximum Gasteiger partial charge on any atom is 0.310 e. The Bertz CT molecular complexity index is 260. The van der Waals surface area contributed by atoms with Crippen LogP contribution in [0.5, 0.6) is 0 Å². The van der Waals surface area contributed by atoms with E-state index in [-0.39, 0.29) is 6.10 Å². The van der Waals surface area contributed by atoms with Gasteiger partial charge in [0.15, 0.2) is 0 Å². The second kappa shape index (κ2) is 7.07. The molecule has 1 aliphatic rings. The van der Waals surface area contributed by atoms with Gasteiger partial charge >= 0.3 is 5.97 Å². The van der Waals surface area contributed by atoms with Crippen LogP contribution in [0.1, 0.15) is 39.5 Å². The van der Waals surface area contributed by atoms with Gasteiger partial charge in [0.1, 0.15) is 0 Å². The van der Waals surface area contributed by atoms with E-state index in [1.807, 2.05) is 13.8 Å². The van der Waals surface area contributed by atoms with E-state index < -0.39 is 17.5 Å². The summed E-state index contributed by atoms with van der Waals surface area (Å²) >= 11 is 0. The van der Waals surface area contributed by atoms with Crippen LogP contribution < -0.4 is 5.32 Å². The number of rotatable bonds is 8. The summed E-state index contributed by atoms with van der Waals surface area (Å²) in [5.74, 6) is -0.772. The molecule has 1 aliphatic heterocycles. The van der Waals surface area contributed by atoms with Crippen LogP contribution in [-0.2, 0) is 9.53 Å². The number of nitrogens with one attached hydrogen (secondary N) is 1. The first-order valence-corrected chi connectivity index (χ1v) is 6.79. The Morgan fingerprint density at radius 1 is 1.50 bits per heavy atom. The summed E-state index contributed by atoms with van der Waals surface area (Å²) in [6.07, 6.45) is 2.40. The summed E-state index contributed by atoms with van der Waals surface area (Å²) in [5.41, 5.74) is -0.726. The molecule has 18 heavy (non-hydrogen) atoms. The Morgan fingerprint density at radius 3 is 2.61 bits per heavy atom. The normalized spacial score (nSPS) is 22.1. The fourth-order valence-electron chi connectivity index (χ4n) is 2.37. The molecule has 0 amide bonds. The van der Waals surface area contributed by atoms with Crippen LogP contribution in [0.25, 0.3) is 0 Å². The first-order chi connectivity index (χ1) is 8.55. The lowest BCUT2D eigenvalue weighted by Crippen LogP contribution is -2.44. The fourth-order valence-corrected chi connectivity index (χ4v) is 2.37. The minimum atomic E-state index is -0.772. The van der Waals surface area contributed by atoms with Gasteiger partial charge in [-0.2, -0.15) is 0 Å². The minimum absolute atomic E-state index is 0.0972. The number of hydrogen-bond donors (Lipinski definition) is 3. The van der Waals surface area contributed by atoms with Gasteiger partial charge in [0, 0.05) is 19.7 Å². The number of aliphatic hydroxyl groups excluding tert-OH is 1. The number of aliphatic hydroxyl groups is 1. The topological polar surface area (TPSA) is 78.8 Å². The van der Waals surface area contributed by atoms with E-state index in [4.69, 9.17) is 4.74 Å². The van der Waals surface area contributed by atoms with Gasteiger partial charge in [0.2, 0.25) is 0 Å². The van der Waals surface area contributed by atoms with Crippen LogP contribution in [0.3, 0.4) is 0 Å². The molecule has 0 aromatic heterocycles. The number of carboxylic acids is 1. The summed E-state index contributed by atoms with van der Waals surface area (Å²) < 4.78 is 5.39. The van der Waals surface area contributed by atoms with Crippen LogP contribution in [0.4, 0.5) is 0 Å². The van der Waals surface area contributed by atoms with Crippen molar-refractivity contribution < 1.29 is 19.7 Å². The van der Waals surface area contributed by atoms with E-state index in [0.29, 0.717) is 32.5 Å². The molecule has 2 unspecified atom stereocenters. The molecule has 1 saturated heterocycles. The summed E-state index contributed by atoms with van der Waals surface area (Å²) in [6, 6.07) is 0. The molecule has 1 rings (SSSR count). The van der Waals surface area contributed by atoms with Gasteiger partial charge < -0.3 is 20.3 Å². The molecule has 0 aromatic rings. The van der Waals surface area contributed by atoms with Gasteiger partial charge in [0.05, 0.1) is 17.6 Å². The fraction of sp³-hybridized carbons (Fsp3) is 0.923. The van der Waals surface area contributed by atoms with E-state index in [1.165, 1.54) is 0 Å². The molecule has 1 fully saturated rings. The van der Waals surface area contributed by atoms with Gasteiger partial charge in [-0.15, -0.1) is 0 Å². The van der Waals surface area contributed by atoms with Crippen molar-refractivity contribution in [2.45, 2.75) is 51.7 Å². The van der Waals surface area contributed by atoms with Gasteiger partial charge in [-0.3, -0.25) is 4.79 Å². The lowest BCUT2D eigenvalue weighted by Gasteiger charge is -2.28. The quantitative estimate of drug-likeness (QED) is 0.606. The van der Waals surface area contributed by atoms with Crippen molar-refractivity contribution in [1.82, 2.24) is 5.32 Å². The molecule has 1 heterocycles. The van der Waals surface area contributed by atoms with Crippen molar-refractivity contribution in [2.75, 3.05) is 19.7 Å². The van der Waals surface area contributed by atoms with Crippen molar-refractivity contribution in [1.29, 1.82) is 0 Å². The largest absolute Gasteiger partial charge is 0.481 e. The molecule has 0 spiro atoms. The number of ether oxygens (including phenoxy) is 1. The second-order valence-corrected chi connectivity index (χ2v) is 5.04. The summed E-state index contributed by atoms with van der Waals surface area (Å²) in [7, 11) is 0. The highest BCUT2D eigenvalue weighted by molar-refractivity contribution is 5.74. The van der Waals surface area contributed by atoms with Crippen LogP contribution in [0.2, 0.25) is 0 Å². The molecule has 5 nitrogen and oxygen atoms in total. The summed E-state index contributed by atoms with van der Waals surface area (Å²) in [5, 5.41) is 22.2. The average molecular weight is 259 g/mol. The number of carboxylic acid groups (broad SMARTS) is 1.